The fourth-order valence-corrected chi connectivity index (χ4v) is 3.44. The third-order valence-electron chi connectivity index (χ3n) is 3.86. The SMILES string of the molecule is Cc1ccc(C)c(N=C2NC(=O)[C@@H](CC(=O)Nc3ccc(F)cc3)S2)c1. The zero-order valence-electron chi connectivity index (χ0n) is 14.4. The number of hydrogen-bond donors (Lipinski definition) is 2. The highest BCUT2D eigenvalue weighted by atomic mass is 32.2. The molecule has 5 nitrogen and oxygen atoms in total. The minimum absolute atomic E-state index is 0.0136. The van der Waals surface area contributed by atoms with Crippen LogP contribution < -0.4 is 10.6 Å². The first-order valence-electron chi connectivity index (χ1n) is 8.09. The Bertz CT molecular complexity index is 881. The average molecular weight is 371 g/mol. The third-order valence-corrected chi connectivity index (χ3v) is 4.94. The Morgan fingerprint density at radius 2 is 1.96 bits per heavy atom. The summed E-state index contributed by atoms with van der Waals surface area (Å²) < 4.78 is 12.9. The number of rotatable bonds is 4. The minimum Gasteiger partial charge on any atom is -0.326 e. The highest BCUT2D eigenvalue weighted by Crippen LogP contribution is 2.27. The van der Waals surface area contributed by atoms with Gasteiger partial charge in [-0.2, -0.15) is 0 Å². The van der Waals surface area contributed by atoms with Gasteiger partial charge in [0.25, 0.3) is 0 Å². The molecule has 2 amide bonds. The Balaban J connectivity index is 1.64. The van der Waals surface area contributed by atoms with E-state index in [-0.39, 0.29) is 24.1 Å². The Kier molecular flexibility index (Phi) is 5.37. The van der Waals surface area contributed by atoms with Crippen LogP contribution in [0.15, 0.2) is 47.5 Å². The van der Waals surface area contributed by atoms with E-state index in [2.05, 4.69) is 15.6 Å². The Morgan fingerprint density at radius 3 is 2.69 bits per heavy atom. The molecule has 0 aromatic heterocycles. The molecule has 7 heteroatoms. The summed E-state index contributed by atoms with van der Waals surface area (Å²) in [6.45, 7) is 3.93. The van der Waals surface area contributed by atoms with Gasteiger partial charge >= 0.3 is 0 Å². The molecule has 2 aromatic rings. The zero-order chi connectivity index (χ0) is 18.7. The molecule has 26 heavy (non-hydrogen) atoms. The molecule has 1 saturated heterocycles. The second-order valence-electron chi connectivity index (χ2n) is 6.06. The summed E-state index contributed by atoms with van der Waals surface area (Å²) in [5.74, 6) is -0.924. The van der Waals surface area contributed by atoms with E-state index in [0.29, 0.717) is 10.9 Å². The van der Waals surface area contributed by atoms with Crippen molar-refractivity contribution >= 4 is 40.1 Å². The van der Waals surface area contributed by atoms with Crippen LogP contribution in [0.5, 0.6) is 0 Å². The third kappa shape index (κ3) is 4.49. The van der Waals surface area contributed by atoms with Crippen LogP contribution in [0.3, 0.4) is 0 Å². The lowest BCUT2D eigenvalue weighted by molar-refractivity contribution is -0.122. The highest BCUT2D eigenvalue weighted by Gasteiger charge is 2.32. The molecule has 0 unspecified atom stereocenters. The maximum Gasteiger partial charge on any atom is 0.240 e. The Labute approximate surface area is 155 Å². The second kappa shape index (κ2) is 7.70. The molecule has 1 fully saturated rings. The van der Waals surface area contributed by atoms with Crippen LogP contribution in [-0.4, -0.2) is 22.2 Å². The number of carbonyl (C=O) groups is 2. The number of amides is 2. The van der Waals surface area contributed by atoms with E-state index < -0.39 is 5.25 Å². The largest absolute Gasteiger partial charge is 0.326 e. The first-order chi connectivity index (χ1) is 12.4. The summed E-state index contributed by atoms with van der Waals surface area (Å²) >= 11 is 1.24. The van der Waals surface area contributed by atoms with Gasteiger partial charge in [0.15, 0.2) is 5.17 Å². The number of carbonyl (C=O) groups excluding carboxylic acids is 2. The molecule has 0 bridgehead atoms. The van der Waals surface area contributed by atoms with Crippen molar-refractivity contribution in [1.82, 2.24) is 5.32 Å². The van der Waals surface area contributed by atoms with Gasteiger partial charge in [0.05, 0.1) is 5.69 Å². The average Bonchev–Trinajstić information content (AvgIpc) is 2.92. The van der Waals surface area contributed by atoms with Crippen LogP contribution in [0.25, 0.3) is 0 Å². The fraction of sp³-hybridized carbons (Fsp3) is 0.211. The van der Waals surface area contributed by atoms with Crippen molar-refractivity contribution in [2.45, 2.75) is 25.5 Å². The standard InChI is InChI=1S/C19H18FN3O2S/c1-11-3-4-12(2)15(9-11)22-19-23-18(25)16(26-19)10-17(24)21-14-7-5-13(20)6-8-14/h3-9,16H,10H2,1-2H3,(H,21,24)(H,22,23,25)/t16-/m1/s1. The highest BCUT2D eigenvalue weighted by molar-refractivity contribution is 8.15. The number of hydrogen-bond acceptors (Lipinski definition) is 4. The van der Waals surface area contributed by atoms with Crippen molar-refractivity contribution < 1.29 is 14.0 Å². The Morgan fingerprint density at radius 1 is 1.23 bits per heavy atom. The van der Waals surface area contributed by atoms with Crippen LogP contribution in [0.4, 0.5) is 15.8 Å². The maximum absolute atomic E-state index is 12.9. The quantitative estimate of drug-likeness (QED) is 0.861. The smallest absolute Gasteiger partial charge is 0.240 e. The van der Waals surface area contributed by atoms with Crippen molar-refractivity contribution in [3.8, 4) is 0 Å². The molecule has 1 heterocycles. The molecule has 3 rings (SSSR count). The monoisotopic (exact) mass is 371 g/mol. The van der Waals surface area contributed by atoms with Crippen LogP contribution in [-0.2, 0) is 9.59 Å². The van der Waals surface area contributed by atoms with Crippen LogP contribution in [0.2, 0.25) is 0 Å². The minimum atomic E-state index is -0.542. The number of aliphatic imine (C=N–C) groups is 1. The van der Waals surface area contributed by atoms with Crippen LogP contribution >= 0.6 is 11.8 Å². The van der Waals surface area contributed by atoms with Gasteiger partial charge in [-0.1, -0.05) is 23.9 Å². The number of thioether (sulfide) groups is 1. The molecule has 0 spiro atoms. The molecule has 1 atom stereocenters. The molecule has 2 N–H and O–H groups in total. The van der Waals surface area contributed by atoms with Crippen molar-refractivity contribution in [2.24, 2.45) is 4.99 Å². The molecule has 134 valence electrons. The first-order valence-corrected chi connectivity index (χ1v) is 8.97. The molecule has 0 aliphatic carbocycles. The summed E-state index contributed by atoms with van der Waals surface area (Å²) in [6, 6.07) is 11.4. The van der Waals surface area contributed by atoms with Gasteiger partial charge in [-0.25, -0.2) is 9.38 Å². The second-order valence-corrected chi connectivity index (χ2v) is 7.25. The molecule has 1 aliphatic heterocycles. The number of nitrogens with one attached hydrogen (secondary N) is 2. The lowest BCUT2D eigenvalue weighted by Gasteiger charge is -2.07. The van der Waals surface area contributed by atoms with E-state index in [1.807, 2.05) is 32.0 Å². The molecule has 2 aromatic carbocycles. The van der Waals surface area contributed by atoms with Gasteiger partial charge in [0.1, 0.15) is 11.1 Å². The number of nitrogens with zero attached hydrogens (tertiary/aromatic N) is 1. The lowest BCUT2D eigenvalue weighted by atomic mass is 10.1. The lowest BCUT2D eigenvalue weighted by Crippen LogP contribution is -2.28. The van der Waals surface area contributed by atoms with Gasteiger partial charge in [-0.3, -0.25) is 9.59 Å². The van der Waals surface area contributed by atoms with Gasteiger partial charge in [-0.05, 0) is 55.3 Å². The number of benzene rings is 2. The summed E-state index contributed by atoms with van der Waals surface area (Å²) in [4.78, 5) is 28.7. The first kappa shape index (κ1) is 18.1. The predicted octanol–water partition coefficient (Wildman–Crippen LogP) is 3.69. The van der Waals surface area contributed by atoms with E-state index in [0.717, 1.165) is 16.8 Å². The van der Waals surface area contributed by atoms with Crippen LogP contribution in [0.1, 0.15) is 17.5 Å². The predicted molar refractivity (Wildman–Crippen MR) is 102 cm³/mol. The zero-order valence-corrected chi connectivity index (χ0v) is 15.2. The number of anilines is 1. The van der Waals surface area contributed by atoms with E-state index in [1.54, 1.807) is 0 Å². The number of aryl methyl sites for hydroxylation is 2. The normalized spacial score (nSPS) is 18.0. The van der Waals surface area contributed by atoms with E-state index in [4.69, 9.17) is 0 Å². The molecular formula is C19H18FN3O2S. The Hall–Kier alpha value is -2.67. The number of amidine groups is 1. The summed E-state index contributed by atoms with van der Waals surface area (Å²) in [5, 5.41) is 5.33. The van der Waals surface area contributed by atoms with E-state index >= 15 is 0 Å². The van der Waals surface area contributed by atoms with Crippen molar-refractivity contribution in [2.75, 3.05) is 5.32 Å². The maximum atomic E-state index is 12.9. The van der Waals surface area contributed by atoms with Gasteiger partial charge in [0, 0.05) is 12.1 Å². The van der Waals surface area contributed by atoms with Crippen LogP contribution in [0, 0.1) is 19.7 Å². The van der Waals surface area contributed by atoms with Crippen molar-refractivity contribution in [3.05, 3.63) is 59.4 Å². The van der Waals surface area contributed by atoms with Gasteiger partial charge < -0.3 is 10.6 Å². The van der Waals surface area contributed by atoms with E-state index in [9.17, 15) is 14.0 Å². The fourth-order valence-electron chi connectivity index (χ4n) is 2.46. The van der Waals surface area contributed by atoms with E-state index in [1.165, 1.54) is 36.0 Å². The van der Waals surface area contributed by atoms with Crippen molar-refractivity contribution in [1.29, 1.82) is 0 Å². The molecular weight excluding hydrogens is 353 g/mol. The topological polar surface area (TPSA) is 70.6 Å². The van der Waals surface area contributed by atoms with Gasteiger partial charge in [-0.15, -0.1) is 0 Å². The summed E-state index contributed by atoms with van der Waals surface area (Å²) in [5.41, 5.74) is 3.38. The summed E-state index contributed by atoms with van der Waals surface area (Å²) in [6.07, 6.45) is 0.0136. The molecule has 0 radical (unpaired) electrons. The number of halogens is 1. The van der Waals surface area contributed by atoms with Crippen molar-refractivity contribution in [3.63, 3.8) is 0 Å². The van der Waals surface area contributed by atoms with Gasteiger partial charge in [0.2, 0.25) is 11.8 Å². The molecule has 0 saturated carbocycles. The summed E-state index contributed by atoms with van der Waals surface area (Å²) in [7, 11) is 0. The molecule has 1 aliphatic rings.